The first kappa shape index (κ1) is 19.2. The quantitative estimate of drug-likeness (QED) is 0.805. The van der Waals surface area contributed by atoms with Gasteiger partial charge in [0, 0.05) is 26.3 Å². The summed E-state index contributed by atoms with van der Waals surface area (Å²) < 4.78 is 11.4. The fourth-order valence-corrected chi connectivity index (χ4v) is 3.06. The Kier molecular flexibility index (Phi) is 7.62. The van der Waals surface area contributed by atoms with Gasteiger partial charge in [-0.15, -0.1) is 12.4 Å². The second-order valence-electron chi connectivity index (χ2n) is 5.25. The second kappa shape index (κ2) is 8.72. The third kappa shape index (κ3) is 4.35. The molecule has 22 heavy (non-hydrogen) atoms. The Morgan fingerprint density at radius 2 is 2.14 bits per heavy atom. The Bertz CT molecular complexity index is 508. The van der Waals surface area contributed by atoms with E-state index in [1.807, 2.05) is 18.2 Å². The highest BCUT2D eigenvalue weighted by Gasteiger charge is 2.38. The summed E-state index contributed by atoms with van der Waals surface area (Å²) in [5.74, 6) is 0.785. The zero-order chi connectivity index (χ0) is 15.3. The highest BCUT2D eigenvalue weighted by molar-refractivity contribution is 9.10. The number of carbonyl (C=O) groups is 1. The molecule has 0 saturated carbocycles. The summed E-state index contributed by atoms with van der Waals surface area (Å²) in [5, 5.41) is 2.99. The Labute approximate surface area is 145 Å². The molecule has 1 amide bonds. The van der Waals surface area contributed by atoms with Crippen LogP contribution in [0.3, 0.4) is 0 Å². The van der Waals surface area contributed by atoms with Crippen molar-refractivity contribution < 1.29 is 14.3 Å². The minimum Gasteiger partial charge on any atom is -0.496 e. The molecule has 124 valence electrons. The SMILES string of the molecule is COc1ccc(CNC(=O)C2(CN)CCOCC2)cc1Br.Cl. The zero-order valence-electron chi connectivity index (χ0n) is 12.6. The molecule has 0 radical (unpaired) electrons. The van der Waals surface area contributed by atoms with Crippen LogP contribution in [0.2, 0.25) is 0 Å². The molecule has 1 aliphatic heterocycles. The van der Waals surface area contributed by atoms with Gasteiger partial charge in [-0.05, 0) is 46.5 Å². The second-order valence-corrected chi connectivity index (χ2v) is 6.10. The normalized spacial score (nSPS) is 16.5. The molecule has 5 nitrogen and oxygen atoms in total. The molecule has 1 aliphatic rings. The van der Waals surface area contributed by atoms with Crippen molar-refractivity contribution >= 4 is 34.2 Å². The van der Waals surface area contributed by atoms with Crippen LogP contribution in [-0.2, 0) is 16.1 Å². The summed E-state index contributed by atoms with van der Waals surface area (Å²) in [7, 11) is 1.62. The van der Waals surface area contributed by atoms with Gasteiger partial charge in [-0.2, -0.15) is 0 Å². The van der Waals surface area contributed by atoms with E-state index in [-0.39, 0.29) is 18.3 Å². The van der Waals surface area contributed by atoms with E-state index in [0.29, 0.717) is 39.1 Å². The van der Waals surface area contributed by atoms with Gasteiger partial charge in [-0.3, -0.25) is 4.79 Å². The maximum atomic E-state index is 12.4. The molecular formula is C15H22BrClN2O3. The Hall–Kier alpha value is -0.820. The number of nitrogens with one attached hydrogen (secondary N) is 1. The van der Waals surface area contributed by atoms with Gasteiger partial charge >= 0.3 is 0 Å². The van der Waals surface area contributed by atoms with E-state index < -0.39 is 5.41 Å². The number of hydrogen-bond donors (Lipinski definition) is 2. The van der Waals surface area contributed by atoms with E-state index in [4.69, 9.17) is 15.2 Å². The third-order valence-corrected chi connectivity index (χ3v) is 4.61. The predicted octanol–water partition coefficient (Wildman–Crippen LogP) is 2.25. The van der Waals surface area contributed by atoms with Crippen molar-refractivity contribution in [1.82, 2.24) is 5.32 Å². The number of methoxy groups -OCH3 is 1. The molecule has 0 spiro atoms. The van der Waals surface area contributed by atoms with Crippen LogP contribution >= 0.6 is 28.3 Å². The van der Waals surface area contributed by atoms with Crippen molar-refractivity contribution in [3.05, 3.63) is 28.2 Å². The number of halogens is 2. The van der Waals surface area contributed by atoms with Gasteiger partial charge < -0.3 is 20.5 Å². The molecule has 0 unspecified atom stereocenters. The number of hydrogen-bond acceptors (Lipinski definition) is 4. The average Bonchev–Trinajstić information content (AvgIpc) is 2.53. The number of rotatable bonds is 5. The summed E-state index contributed by atoms with van der Waals surface area (Å²) in [6.45, 7) is 2.02. The minimum atomic E-state index is -0.484. The minimum absolute atomic E-state index is 0. The van der Waals surface area contributed by atoms with Crippen molar-refractivity contribution in [1.29, 1.82) is 0 Å². The molecule has 7 heteroatoms. The monoisotopic (exact) mass is 392 g/mol. The third-order valence-electron chi connectivity index (χ3n) is 3.99. The maximum absolute atomic E-state index is 12.4. The van der Waals surface area contributed by atoms with Crippen LogP contribution in [0, 0.1) is 5.41 Å². The molecule has 2 rings (SSSR count). The predicted molar refractivity (Wildman–Crippen MR) is 91.3 cm³/mol. The molecule has 0 bridgehead atoms. The van der Waals surface area contributed by atoms with Crippen LogP contribution in [0.5, 0.6) is 5.75 Å². The van der Waals surface area contributed by atoms with E-state index in [2.05, 4.69) is 21.2 Å². The summed E-state index contributed by atoms with van der Waals surface area (Å²) in [6.07, 6.45) is 1.36. The van der Waals surface area contributed by atoms with Gasteiger partial charge in [0.2, 0.25) is 5.91 Å². The van der Waals surface area contributed by atoms with E-state index in [1.54, 1.807) is 7.11 Å². The number of carbonyl (C=O) groups excluding carboxylic acids is 1. The molecule has 1 heterocycles. The van der Waals surface area contributed by atoms with E-state index in [1.165, 1.54) is 0 Å². The molecule has 0 aliphatic carbocycles. The topological polar surface area (TPSA) is 73.6 Å². The molecule has 1 aromatic carbocycles. The standard InChI is InChI=1S/C15H21BrN2O3.ClH/c1-20-13-3-2-11(8-12(13)16)9-18-14(19)15(10-17)4-6-21-7-5-15;/h2-3,8H,4-7,9-10,17H2,1H3,(H,18,19);1H. The lowest BCUT2D eigenvalue weighted by Crippen LogP contribution is -2.48. The fourth-order valence-electron chi connectivity index (χ4n) is 2.48. The largest absolute Gasteiger partial charge is 0.496 e. The fraction of sp³-hybridized carbons (Fsp3) is 0.533. The summed E-state index contributed by atoms with van der Waals surface area (Å²) in [4.78, 5) is 12.4. The molecule has 1 saturated heterocycles. The summed E-state index contributed by atoms with van der Waals surface area (Å²) in [6, 6.07) is 5.75. The van der Waals surface area contributed by atoms with Crippen LogP contribution in [0.4, 0.5) is 0 Å². The Morgan fingerprint density at radius 3 is 2.68 bits per heavy atom. The highest BCUT2D eigenvalue weighted by Crippen LogP contribution is 2.30. The number of nitrogens with two attached hydrogens (primary N) is 1. The first-order valence-electron chi connectivity index (χ1n) is 7.00. The van der Waals surface area contributed by atoms with Crippen molar-refractivity contribution in [3.63, 3.8) is 0 Å². The average molecular weight is 394 g/mol. The first-order chi connectivity index (χ1) is 10.1. The number of amides is 1. The Morgan fingerprint density at radius 1 is 1.45 bits per heavy atom. The van der Waals surface area contributed by atoms with Crippen molar-refractivity contribution in [2.75, 3.05) is 26.9 Å². The molecule has 0 atom stereocenters. The lowest BCUT2D eigenvalue weighted by Gasteiger charge is -2.34. The van der Waals surface area contributed by atoms with Gasteiger partial charge in [-0.1, -0.05) is 6.07 Å². The molecule has 1 aromatic rings. The van der Waals surface area contributed by atoms with Crippen molar-refractivity contribution in [2.45, 2.75) is 19.4 Å². The zero-order valence-corrected chi connectivity index (χ0v) is 15.0. The van der Waals surface area contributed by atoms with Crippen molar-refractivity contribution in [3.8, 4) is 5.75 Å². The highest BCUT2D eigenvalue weighted by atomic mass is 79.9. The van der Waals surface area contributed by atoms with E-state index in [0.717, 1.165) is 15.8 Å². The van der Waals surface area contributed by atoms with Crippen LogP contribution in [0.15, 0.2) is 22.7 Å². The van der Waals surface area contributed by atoms with Gasteiger partial charge in [0.25, 0.3) is 0 Å². The maximum Gasteiger partial charge on any atom is 0.227 e. The van der Waals surface area contributed by atoms with Gasteiger partial charge in [0.1, 0.15) is 5.75 Å². The summed E-state index contributed by atoms with van der Waals surface area (Å²) in [5.41, 5.74) is 6.36. The lowest BCUT2D eigenvalue weighted by atomic mass is 9.79. The smallest absolute Gasteiger partial charge is 0.227 e. The lowest BCUT2D eigenvalue weighted by molar-refractivity contribution is -0.136. The number of benzene rings is 1. The van der Waals surface area contributed by atoms with Crippen LogP contribution < -0.4 is 15.8 Å². The summed E-state index contributed by atoms with van der Waals surface area (Å²) >= 11 is 3.44. The van der Waals surface area contributed by atoms with E-state index >= 15 is 0 Å². The van der Waals surface area contributed by atoms with Gasteiger partial charge in [0.05, 0.1) is 17.0 Å². The molecule has 3 N–H and O–H groups in total. The Balaban J connectivity index is 0.00000242. The van der Waals surface area contributed by atoms with Gasteiger partial charge in [-0.25, -0.2) is 0 Å². The van der Waals surface area contributed by atoms with Crippen molar-refractivity contribution in [2.24, 2.45) is 11.1 Å². The first-order valence-corrected chi connectivity index (χ1v) is 7.79. The van der Waals surface area contributed by atoms with Crippen LogP contribution in [-0.4, -0.2) is 32.8 Å². The molecule has 1 fully saturated rings. The van der Waals surface area contributed by atoms with E-state index in [9.17, 15) is 4.79 Å². The van der Waals surface area contributed by atoms with Crippen LogP contribution in [0.1, 0.15) is 18.4 Å². The van der Waals surface area contributed by atoms with Gasteiger partial charge in [0.15, 0.2) is 0 Å². The molecular weight excluding hydrogens is 372 g/mol. The number of ether oxygens (including phenoxy) is 2. The molecule has 0 aromatic heterocycles. The van der Waals surface area contributed by atoms with Crippen LogP contribution in [0.25, 0.3) is 0 Å².